The summed E-state index contributed by atoms with van der Waals surface area (Å²) in [5, 5.41) is 4.94. The van der Waals surface area contributed by atoms with Crippen LogP contribution in [-0.4, -0.2) is 41.0 Å². The van der Waals surface area contributed by atoms with Gasteiger partial charge in [-0.2, -0.15) is 0 Å². The van der Waals surface area contributed by atoms with Crippen molar-refractivity contribution in [3.63, 3.8) is 0 Å². The maximum Gasteiger partial charge on any atom is 0.189 e. The summed E-state index contributed by atoms with van der Waals surface area (Å²) < 4.78 is 1.19. The maximum absolute atomic E-state index is 6.26. The largest absolute Gasteiger partial charge is 0.355 e. The van der Waals surface area contributed by atoms with Crippen molar-refractivity contribution in [2.75, 3.05) is 36.4 Å². The fourth-order valence-corrected chi connectivity index (χ4v) is 4.31. The van der Waals surface area contributed by atoms with Crippen molar-refractivity contribution in [2.24, 2.45) is 0 Å². The summed E-state index contributed by atoms with van der Waals surface area (Å²) in [6.07, 6.45) is 1.78. The minimum atomic E-state index is 0.697. The van der Waals surface area contributed by atoms with Crippen LogP contribution in [0.5, 0.6) is 0 Å². The molecule has 4 rings (SSSR count). The van der Waals surface area contributed by atoms with Gasteiger partial charge in [0.25, 0.3) is 0 Å². The van der Waals surface area contributed by atoms with E-state index in [4.69, 9.17) is 11.6 Å². The predicted molar refractivity (Wildman–Crippen MR) is 110 cm³/mol. The lowest BCUT2D eigenvalue weighted by atomic mass is 10.2. The van der Waals surface area contributed by atoms with Gasteiger partial charge < -0.3 is 15.1 Å². The third-order valence-corrected chi connectivity index (χ3v) is 5.72. The lowest BCUT2D eigenvalue weighted by Crippen LogP contribution is -2.47. The summed E-state index contributed by atoms with van der Waals surface area (Å²) in [4.78, 5) is 13.5. The first kappa shape index (κ1) is 17.1. The molecule has 1 aliphatic rings. The molecule has 0 amide bonds. The van der Waals surface area contributed by atoms with E-state index in [9.17, 15) is 0 Å². The summed E-state index contributed by atoms with van der Waals surface area (Å²) in [7, 11) is 0. The van der Waals surface area contributed by atoms with Crippen molar-refractivity contribution in [2.45, 2.75) is 6.92 Å². The zero-order valence-electron chi connectivity index (χ0n) is 14.6. The van der Waals surface area contributed by atoms with E-state index in [1.54, 1.807) is 17.5 Å². The van der Waals surface area contributed by atoms with Gasteiger partial charge in [-0.05, 0) is 36.8 Å². The fraction of sp³-hybridized carbons (Fsp3) is 0.263. The molecule has 134 valence electrons. The van der Waals surface area contributed by atoms with Crippen LogP contribution in [0.3, 0.4) is 0 Å². The number of hydrogen-bond acceptors (Lipinski definition) is 6. The number of aryl methyl sites for hydroxylation is 1. The van der Waals surface area contributed by atoms with Crippen LogP contribution in [-0.2, 0) is 0 Å². The molecular formula is C19H20ClN5S. The van der Waals surface area contributed by atoms with Gasteiger partial charge in [0.05, 0.1) is 15.2 Å². The molecule has 0 saturated carbocycles. The Morgan fingerprint density at radius 1 is 1.23 bits per heavy atom. The number of piperazine rings is 1. The van der Waals surface area contributed by atoms with Gasteiger partial charge in [0.1, 0.15) is 11.6 Å². The number of nitrogens with one attached hydrogen (secondary N) is 1. The van der Waals surface area contributed by atoms with Crippen molar-refractivity contribution >= 4 is 44.1 Å². The van der Waals surface area contributed by atoms with Gasteiger partial charge in [0.15, 0.2) is 5.13 Å². The van der Waals surface area contributed by atoms with Crippen molar-refractivity contribution in [1.82, 2.24) is 14.9 Å². The molecule has 0 unspecified atom stereocenters. The number of aromatic nitrogens is 2. The Bertz CT molecular complexity index is 946. The number of halogens is 1. The van der Waals surface area contributed by atoms with Crippen molar-refractivity contribution < 1.29 is 0 Å². The second kappa shape index (κ2) is 7.13. The number of benzene rings is 1. The molecule has 1 N–H and O–H groups in total. The van der Waals surface area contributed by atoms with Crippen LogP contribution in [0.4, 0.5) is 10.9 Å². The first-order valence-electron chi connectivity index (χ1n) is 8.54. The molecule has 5 nitrogen and oxygen atoms in total. The fourth-order valence-electron chi connectivity index (χ4n) is 3.09. The highest BCUT2D eigenvalue weighted by atomic mass is 35.5. The molecule has 2 aromatic heterocycles. The summed E-state index contributed by atoms with van der Waals surface area (Å²) in [6.45, 7) is 9.74. The Balaban J connectivity index is 1.39. The topological polar surface area (TPSA) is 44.3 Å². The first-order chi connectivity index (χ1) is 12.6. The second-order valence-electron chi connectivity index (χ2n) is 6.34. The van der Waals surface area contributed by atoms with E-state index >= 15 is 0 Å². The number of hydrogen-bond donors (Lipinski definition) is 1. The highest BCUT2D eigenvalue weighted by Crippen LogP contribution is 2.28. The van der Waals surface area contributed by atoms with Crippen LogP contribution >= 0.6 is 22.9 Å². The molecule has 3 heterocycles. The third-order valence-electron chi connectivity index (χ3n) is 4.50. The number of rotatable bonds is 4. The average Bonchev–Trinajstić information content (AvgIpc) is 3.03. The first-order valence-corrected chi connectivity index (χ1v) is 9.73. The van der Waals surface area contributed by atoms with E-state index in [-0.39, 0.29) is 0 Å². The Labute approximate surface area is 161 Å². The molecule has 7 heteroatoms. The van der Waals surface area contributed by atoms with Gasteiger partial charge in [-0.15, -0.1) is 0 Å². The summed E-state index contributed by atoms with van der Waals surface area (Å²) in [5.74, 6) is 1.74. The van der Waals surface area contributed by atoms with Gasteiger partial charge >= 0.3 is 0 Å². The highest BCUT2D eigenvalue weighted by molar-refractivity contribution is 7.22. The molecule has 0 spiro atoms. The van der Waals surface area contributed by atoms with Crippen LogP contribution in [0.25, 0.3) is 10.2 Å². The molecule has 26 heavy (non-hydrogen) atoms. The standard InChI is InChI=1S/C19H20ClN5S/c1-13-5-6-16-17(12-13)26-19(23-16)22-14(2)24-8-10-25(11-9-24)18-15(20)4-3-7-21-18/h3-7,12H,2,8-11H2,1H3,(H,22,23). The lowest BCUT2D eigenvalue weighted by molar-refractivity contribution is 0.325. The minimum Gasteiger partial charge on any atom is -0.355 e. The van der Waals surface area contributed by atoms with Gasteiger partial charge in [0, 0.05) is 32.4 Å². The Morgan fingerprint density at radius 2 is 2.04 bits per heavy atom. The number of thiazole rings is 1. The van der Waals surface area contributed by atoms with Crippen LogP contribution in [0.15, 0.2) is 48.9 Å². The van der Waals surface area contributed by atoms with E-state index in [0.717, 1.165) is 48.5 Å². The molecule has 1 aromatic carbocycles. The zero-order valence-corrected chi connectivity index (χ0v) is 16.1. The van der Waals surface area contributed by atoms with Gasteiger partial charge in [-0.1, -0.05) is 35.6 Å². The maximum atomic E-state index is 6.26. The smallest absolute Gasteiger partial charge is 0.189 e. The van der Waals surface area contributed by atoms with E-state index in [1.165, 1.54) is 10.3 Å². The number of nitrogens with zero attached hydrogens (tertiary/aromatic N) is 4. The Morgan fingerprint density at radius 3 is 2.81 bits per heavy atom. The van der Waals surface area contributed by atoms with Crippen LogP contribution < -0.4 is 10.2 Å². The second-order valence-corrected chi connectivity index (χ2v) is 7.78. The quantitative estimate of drug-likeness (QED) is 0.722. The highest BCUT2D eigenvalue weighted by Gasteiger charge is 2.21. The SMILES string of the molecule is C=C(Nc1nc2ccc(C)cc2s1)N1CCN(c2ncccc2Cl)CC1. The van der Waals surface area contributed by atoms with E-state index in [1.807, 2.05) is 12.1 Å². The van der Waals surface area contributed by atoms with Crippen LogP contribution in [0, 0.1) is 6.92 Å². The molecule has 0 atom stereocenters. The monoisotopic (exact) mass is 385 g/mol. The normalized spacial score (nSPS) is 14.7. The lowest BCUT2D eigenvalue weighted by Gasteiger charge is -2.37. The van der Waals surface area contributed by atoms with Crippen LogP contribution in [0.1, 0.15) is 5.56 Å². The van der Waals surface area contributed by atoms with E-state index in [2.05, 4.69) is 56.8 Å². The number of anilines is 2. The predicted octanol–water partition coefficient (Wildman–Crippen LogP) is 4.36. The summed E-state index contributed by atoms with van der Waals surface area (Å²) >= 11 is 7.91. The van der Waals surface area contributed by atoms with Crippen molar-refractivity contribution in [3.05, 3.63) is 59.5 Å². The van der Waals surface area contributed by atoms with Crippen molar-refractivity contribution in [1.29, 1.82) is 0 Å². The number of pyridine rings is 1. The van der Waals surface area contributed by atoms with Crippen LogP contribution in [0.2, 0.25) is 5.02 Å². The molecule has 0 radical (unpaired) electrons. The molecule has 0 bridgehead atoms. The molecule has 0 aliphatic carbocycles. The third kappa shape index (κ3) is 3.48. The Hall–Kier alpha value is -2.31. The zero-order chi connectivity index (χ0) is 18.1. The van der Waals surface area contributed by atoms with E-state index in [0.29, 0.717) is 5.02 Å². The average molecular weight is 386 g/mol. The Kier molecular flexibility index (Phi) is 4.70. The van der Waals surface area contributed by atoms with Gasteiger partial charge in [0.2, 0.25) is 0 Å². The van der Waals surface area contributed by atoms with Gasteiger partial charge in [-0.3, -0.25) is 0 Å². The molecule has 3 aromatic rings. The van der Waals surface area contributed by atoms with E-state index < -0.39 is 0 Å². The molecule has 1 aliphatic heterocycles. The number of fused-ring (bicyclic) bond motifs is 1. The molecule has 1 fully saturated rings. The molecular weight excluding hydrogens is 366 g/mol. The van der Waals surface area contributed by atoms with Gasteiger partial charge in [-0.25, -0.2) is 9.97 Å². The summed E-state index contributed by atoms with van der Waals surface area (Å²) in [6, 6.07) is 10.0. The minimum absolute atomic E-state index is 0.697. The summed E-state index contributed by atoms with van der Waals surface area (Å²) in [5.41, 5.74) is 2.27. The van der Waals surface area contributed by atoms with Crippen molar-refractivity contribution in [3.8, 4) is 0 Å². The molecule has 1 saturated heterocycles.